The highest BCUT2D eigenvalue weighted by molar-refractivity contribution is 5.92. The summed E-state index contributed by atoms with van der Waals surface area (Å²) in [5.41, 5.74) is 2.54. The fourth-order valence-electron chi connectivity index (χ4n) is 2.81. The first-order valence-electron chi connectivity index (χ1n) is 8.80. The van der Waals surface area contributed by atoms with Crippen LogP contribution in [0.5, 0.6) is 0 Å². The fourth-order valence-corrected chi connectivity index (χ4v) is 2.81. The molecule has 0 bridgehead atoms. The van der Waals surface area contributed by atoms with Gasteiger partial charge < -0.3 is 20.3 Å². The van der Waals surface area contributed by atoms with Gasteiger partial charge in [0.25, 0.3) is 0 Å². The SMILES string of the molecule is Cc1cc(N(C)C)nc(Nc2ccc(NC(=O)C3CCOCC3)cc2)n1. The van der Waals surface area contributed by atoms with Gasteiger partial charge in [0.05, 0.1) is 0 Å². The summed E-state index contributed by atoms with van der Waals surface area (Å²) in [7, 11) is 3.89. The van der Waals surface area contributed by atoms with Crippen LogP contribution < -0.4 is 15.5 Å². The van der Waals surface area contributed by atoms with Crippen LogP contribution in [0.1, 0.15) is 18.5 Å². The third-order valence-electron chi connectivity index (χ3n) is 4.30. The number of benzene rings is 1. The Morgan fingerprint density at radius 3 is 2.42 bits per heavy atom. The fraction of sp³-hybridized carbons (Fsp3) is 0.421. The van der Waals surface area contributed by atoms with Crippen LogP contribution in [-0.4, -0.2) is 43.2 Å². The van der Waals surface area contributed by atoms with Crippen LogP contribution in [0.3, 0.4) is 0 Å². The van der Waals surface area contributed by atoms with Gasteiger partial charge in [-0.05, 0) is 44.0 Å². The number of rotatable bonds is 5. The van der Waals surface area contributed by atoms with E-state index >= 15 is 0 Å². The zero-order chi connectivity index (χ0) is 18.5. The van der Waals surface area contributed by atoms with Crippen molar-refractivity contribution < 1.29 is 9.53 Å². The number of nitrogens with zero attached hydrogens (tertiary/aromatic N) is 3. The number of amides is 1. The normalized spacial score (nSPS) is 14.7. The third kappa shape index (κ3) is 4.70. The number of aromatic nitrogens is 2. The predicted octanol–water partition coefficient (Wildman–Crippen LogP) is 2.96. The average Bonchev–Trinajstić information content (AvgIpc) is 2.63. The summed E-state index contributed by atoms with van der Waals surface area (Å²) in [5.74, 6) is 1.49. The maximum atomic E-state index is 12.3. The molecule has 0 atom stereocenters. The zero-order valence-electron chi connectivity index (χ0n) is 15.5. The molecule has 1 aromatic carbocycles. The van der Waals surface area contributed by atoms with E-state index in [0.717, 1.165) is 35.7 Å². The molecule has 1 amide bonds. The molecule has 1 aliphatic heterocycles. The van der Waals surface area contributed by atoms with E-state index in [2.05, 4.69) is 20.6 Å². The number of anilines is 4. The van der Waals surface area contributed by atoms with Crippen LogP contribution in [0.25, 0.3) is 0 Å². The first kappa shape index (κ1) is 18.1. The van der Waals surface area contributed by atoms with Gasteiger partial charge in [-0.3, -0.25) is 4.79 Å². The summed E-state index contributed by atoms with van der Waals surface area (Å²) in [6.45, 7) is 3.26. The molecule has 0 spiro atoms. The van der Waals surface area contributed by atoms with Crippen LogP contribution in [0.2, 0.25) is 0 Å². The molecular formula is C19H25N5O2. The van der Waals surface area contributed by atoms with Crippen molar-refractivity contribution >= 4 is 29.0 Å². The van der Waals surface area contributed by atoms with Gasteiger partial charge in [0.2, 0.25) is 11.9 Å². The summed E-state index contributed by atoms with van der Waals surface area (Å²) in [5, 5.41) is 6.18. The Balaban J connectivity index is 1.63. The smallest absolute Gasteiger partial charge is 0.229 e. The van der Waals surface area contributed by atoms with Crippen LogP contribution in [0.15, 0.2) is 30.3 Å². The number of nitrogens with one attached hydrogen (secondary N) is 2. The van der Waals surface area contributed by atoms with Crippen molar-refractivity contribution in [2.75, 3.05) is 42.8 Å². The van der Waals surface area contributed by atoms with Crippen molar-refractivity contribution in [3.63, 3.8) is 0 Å². The first-order valence-corrected chi connectivity index (χ1v) is 8.80. The Morgan fingerprint density at radius 1 is 1.12 bits per heavy atom. The van der Waals surface area contributed by atoms with E-state index in [9.17, 15) is 4.79 Å². The topological polar surface area (TPSA) is 79.4 Å². The van der Waals surface area contributed by atoms with E-state index in [1.54, 1.807) is 0 Å². The van der Waals surface area contributed by atoms with Gasteiger partial charge in [0.15, 0.2) is 0 Å². The second-order valence-corrected chi connectivity index (χ2v) is 6.66. The van der Waals surface area contributed by atoms with E-state index in [1.807, 2.05) is 56.3 Å². The Kier molecular flexibility index (Phi) is 5.68. The Morgan fingerprint density at radius 2 is 1.77 bits per heavy atom. The molecule has 2 N–H and O–H groups in total. The lowest BCUT2D eigenvalue weighted by molar-refractivity contribution is -0.122. The summed E-state index contributed by atoms with van der Waals surface area (Å²) < 4.78 is 5.30. The standard InChI is InChI=1S/C19H25N5O2/c1-13-12-17(24(2)3)23-19(20-13)22-16-6-4-15(5-7-16)21-18(25)14-8-10-26-11-9-14/h4-7,12,14H,8-11H2,1-3H3,(H,21,25)(H,20,22,23). The molecule has 0 unspecified atom stereocenters. The molecule has 1 aliphatic rings. The maximum Gasteiger partial charge on any atom is 0.229 e. The minimum Gasteiger partial charge on any atom is -0.381 e. The molecule has 1 aromatic heterocycles. The quantitative estimate of drug-likeness (QED) is 0.858. The first-order chi connectivity index (χ1) is 12.5. The molecule has 1 fully saturated rings. The summed E-state index contributed by atoms with van der Waals surface area (Å²) >= 11 is 0. The average molecular weight is 355 g/mol. The zero-order valence-corrected chi connectivity index (χ0v) is 15.5. The lowest BCUT2D eigenvalue weighted by Crippen LogP contribution is -2.28. The van der Waals surface area contributed by atoms with Gasteiger partial charge in [0.1, 0.15) is 5.82 Å². The molecule has 138 valence electrons. The van der Waals surface area contributed by atoms with Crippen molar-refractivity contribution in [1.29, 1.82) is 0 Å². The number of ether oxygens (including phenoxy) is 1. The van der Waals surface area contributed by atoms with Gasteiger partial charge in [-0.15, -0.1) is 0 Å². The largest absolute Gasteiger partial charge is 0.381 e. The predicted molar refractivity (Wildman–Crippen MR) is 103 cm³/mol. The minimum absolute atomic E-state index is 0.0340. The van der Waals surface area contributed by atoms with Crippen LogP contribution in [-0.2, 0) is 9.53 Å². The van der Waals surface area contributed by atoms with Gasteiger partial charge in [-0.2, -0.15) is 4.98 Å². The molecule has 0 aliphatic carbocycles. The summed E-state index contributed by atoms with van der Waals surface area (Å²) in [6, 6.07) is 9.49. The van der Waals surface area contributed by atoms with E-state index in [4.69, 9.17) is 4.74 Å². The molecule has 2 heterocycles. The van der Waals surface area contributed by atoms with Crippen molar-refractivity contribution in [1.82, 2.24) is 9.97 Å². The van der Waals surface area contributed by atoms with Crippen LogP contribution in [0, 0.1) is 12.8 Å². The Hall–Kier alpha value is -2.67. The molecule has 0 saturated carbocycles. The van der Waals surface area contributed by atoms with Gasteiger partial charge in [-0.1, -0.05) is 0 Å². The second-order valence-electron chi connectivity index (χ2n) is 6.66. The van der Waals surface area contributed by atoms with E-state index in [-0.39, 0.29) is 11.8 Å². The number of aryl methyl sites for hydroxylation is 1. The minimum atomic E-state index is 0.0340. The summed E-state index contributed by atoms with van der Waals surface area (Å²) in [6.07, 6.45) is 1.56. The van der Waals surface area contributed by atoms with Crippen molar-refractivity contribution in [2.24, 2.45) is 5.92 Å². The molecule has 26 heavy (non-hydrogen) atoms. The second kappa shape index (κ2) is 8.14. The molecule has 7 heteroatoms. The number of hydrogen-bond acceptors (Lipinski definition) is 6. The number of hydrogen-bond donors (Lipinski definition) is 2. The van der Waals surface area contributed by atoms with Gasteiger partial charge in [0, 0.05) is 56.4 Å². The highest BCUT2D eigenvalue weighted by Crippen LogP contribution is 2.21. The monoisotopic (exact) mass is 355 g/mol. The van der Waals surface area contributed by atoms with Crippen molar-refractivity contribution in [2.45, 2.75) is 19.8 Å². The Labute approximate surface area is 153 Å². The number of carbonyl (C=O) groups excluding carboxylic acids is 1. The highest BCUT2D eigenvalue weighted by Gasteiger charge is 2.21. The molecular weight excluding hydrogens is 330 g/mol. The van der Waals surface area contributed by atoms with Gasteiger partial charge in [-0.25, -0.2) is 4.98 Å². The van der Waals surface area contributed by atoms with Crippen LogP contribution in [0.4, 0.5) is 23.1 Å². The van der Waals surface area contributed by atoms with Crippen molar-refractivity contribution in [3.8, 4) is 0 Å². The molecule has 7 nitrogen and oxygen atoms in total. The third-order valence-corrected chi connectivity index (χ3v) is 4.30. The maximum absolute atomic E-state index is 12.3. The molecule has 3 rings (SSSR count). The lowest BCUT2D eigenvalue weighted by atomic mass is 9.99. The molecule has 0 radical (unpaired) electrons. The number of carbonyl (C=O) groups is 1. The lowest BCUT2D eigenvalue weighted by Gasteiger charge is -2.21. The van der Waals surface area contributed by atoms with E-state index < -0.39 is 0 Å². The summed E-state index contributed by atoms with van der Waals surface area (Å²) in [4.78, 5) is 23.1. The van der Waals surface area contributed by atoms with Crippen LogP contribution >= 0.6 is 0 Å². The van der Waals surface area contributed by atoms with E-state index in [0.29, 0.717) is 19.2 Å². The van der Waals surface area contributed by atoms with E-state index in [1.165, 1.54) is 0 Å². The van der Waals surface area contributed by atoms with Gasteiger partial charge >= 0.3 is 0 Å². The van der Waals surface area contributed by atoms with Crippen molar-refractivity contribution in [3.05, 3.63) is 36.0 Å². The molecule has 2 aromatic rings. The molecule has 1 saturated heterocycles. The highest BCUT2D eigenvalue weighted by atomic mass is 16.5. The Bertz CT molecular complexity index is 755.